The summed E-state index contributed by atoms with van der Waals surface area (Å²) in [4.78, 5) is 34.2. The van der Waals surface area contributed by atoms with E-state index in [0.717, 1.165) is 31.4 Å². The van der Waals surface area contributed by atoms with Gasteiger partial charge in [-0.1, -0.05) is 26.2 Å². The fourth-order valence-electron chi connectivity index (χ4n) is 1.97. The number of hydrogen-bond acceptors (Lipinski definition) is 6. The van der Waals surface area contributed by atoms with Gasteiger partial charge in [0, 0.05) is 12.1 Å². The van der Waals surface area contributed by atoms with Gasteiger partial charge < -0.3 is 9.47 Å². The molecule has 0 radical (unpaired) electrons. The number of carbonyl (C=O) groups excluding carboxylic acids is 2. The average Bonchev–Trinajstić information content (AvgIpc) is 2.54. The lowest BCUT2D eigenvalue weighted by molar-refractivity contribution is -0.384. The Morgan fingerprint density at radius 1 is 1.04 bits per heavy atom. The molecule has 23 heavy (non-hydrogen) atoms. The van der Waals surface area contributed by atoms with Gasteiger partial charge in [0.05, 0.1) is 29.3 Å². The number of ether oxygens (including phenoxy) is 2. The summed E-state index contributed by atoms with van der Waals surface area (Å²) in [5.41, 5.74) is -0.458. The van der Waals surface area contributed by atoms with E-state index in [1.807, 2.05) is 0 Å². The van der Waals surface area contributed by atoms with Crippen molar-refractivity contribution in [3.63, 3.8) is 0 Å². The van der Waals surface area contributed by atoms with Gasteiger partial charge in [0.2, 0.25) is 0 Å². The zero-order chi connectivity index (χ0) is 17.2. The average molecular weight is 323 g/mol. The minimum absolute atomic E-state index is 0.0315. The molecule has 0 aromatic heterocycles. The van der Waals surface area contributed by atoms with Gasteiger partial charge in [0.15, 0.2) is 0 Å². The highest BCUT2D eigenvalue weighted by atomic mass is 16.6. The minimum atomic E-state index is -0.756. The van der Waals surface area contributed by atoms with Crippen LogP contribution in [0, 0.1) is 10.1 Å². The molecule has 0 amide bonds. The maximum absolute atomic E-state index is 12.1. The first kappa shape index (κ1) is 18.6. The number of benzene rings is 1. The van der Waals surface area contributed by atoms with Crippen LogP contribution in [0.4, 0.5) is 5.69 Å². The second-order valence-electron chi connectivity index (χ2n) is 4.90. The molecule has 0 unspecified atom stereocenters. The summed E-state index contributed by atoms with van der Waals surface area (Å²) < 4.78 is 9.97. The summed E-state index contributed by atoms with van der Waals surface area (Å²) in [6.07, 6.45) is 3.75. The third kappa shape index (κ3) is 5.69. The van der Waals surface area contributed by atoms with Crippen molar-refractivity contribution in [2.75, 3.05) is 13.2 Å². The van der Waals surface area contributed by atoms with Crippen LogP contribution in [0.15, 0.2) is 18.2 Å². The number of nitrogens with zero attached hydrogens (tertiary/aromatic N) is 1. The molecule has 0 spiro atoms. The van der Waals surface area contributed by atoms with E-state index in [9.17, 15) is 19.7 Å². The molecule has 1 aromatic rings. The topological polar surface area (TPSA) is 95.7 Å². The lowest BCUT2D eigenvalue weighted by Crippen LogP contribution is -2.15. The van der Waals surface area contributed by atoms with Gasteiger partial charge in [-0.3, -0.25) is 10.1 Å². The molecule has 1 rings (SSSR count). The van der Waals surface area contributed by atoms with Crippen LogP contribution in [-0.2, 0) is 9.47 Å². The molecule has 0 atom stereocenters. The molecule has 0 saturated heterocycles. The van der Waals surface area contributed by atoms with E-state index < -0.39 is 16.9 Å². The number of unbranched alkanes of at least 4 members (excludes halogenated alkanes) is 3. The number of rotatable bonds is 9. The monoisotopic (exact) mass is 323 g/mol. The van der Waals surface area contributed by atoms with Crippen molar-refractivity contribution in [3.8, 4) is 0 Å². The van der Waals surface area contributed by atoms with Gasteiger partial charge in [-0.05, 0) is 19.4 Å². The van der Waals surface area contributed by atoms with Gasteiger partial charge in [-0.15, -0.1) is 0 Å². The fourth-order valence-corrected chi connectivity index (χ4v) is 1.97. The van der Waals surface area contributed by atoms with Gasteiger partial charge >= 0.3 is 11.9 Å². The molecular weight excluding hydrogens is 302 g/mol. The highest BCUT2D eigenvalue weighted by Gasteiger charge is 2.22. The third-order valence-corrected chi connectivity index (χ3v) is 3.16. The Morgan fingerprint density at radius 3 is 2.35 bits per heavy atom. The van der Waals surface area contributed by atoms with E-state index in [0.29, 0.717) is 6.42 Å². The van der Waals surface area contributed by atoms with E-state index in [1.54, 1.807) is 6.92 Å². The molecule has 1 aromatic carbocycles. The van der Waals surface area contributed by atoms with Crippen molar-refractivity contribution in [2.24, 2.45) is 0 Å². The first-order valence-electron chi connectivity index (χ1n) is 7.63. The molecule has 0 aliphatic heterocycles. The van der Waals surface area contributed by atoms with E-state index in [4.69, 9.17) is 9.47 Å². The number of hydrogen-bond donors (Lipinski definition) is 0. The Hall–Kier alpha value is -2.44. The second kappa shape index (κ2) is 9.55. The van der Waals surface area contributed by atoms with Crippen molar-refractivity contribution < 1.29 is 24.0 Å². The molecule has 7 heteroatoms. The van der Waals surface area contributed by atoms with E-state index in [1.165, 1.54) is 6.07 Å². The van der Waals surface area contributed by atoms with Crippen LogP contribution in [0.1, 0.15) is 60.2 Å². The number of carbonyl (C=O) groups is 2. The number of non-ortho nitro benzene ring substituents is 1. The SMILES string of the molecule is CCCCCCOC(=O)c1cc([N+](=O)[O-])ccc1C(=O)OCC. The molecule has 0 N–H and O–H groups in total. The summed E-state index contributed by atoms with van der Waals surface area (Å²) >= 11 is 0. The van der Waals surface area contributed by atoms with Gasteiger partial charge in [0.1, 0.15) is 0 Å². The largest absolute Gasteiger partial charge is 0.462 e. The lowest BCUT2D eigenvalue weighted by Gasteiger charge is -2.09. The van der Waals surface area contributed by atoms with Gasteiger partial charge in [-0.25, -0.2) is 9.59 Å². The van der Waals surface area contributed by atoms with Crippen molar-refractivity contribution in [3.05, 3.63) is 39.4 Å². The van der Waals surface area contributed by atoms with Crippen LogP contribution in [0.5, 0.6) is 0 Å². The van der Waals surface area contributed by atoms with Crippen LogP contribution in [0.2, 0.25) is 0 Å². The number of esters is 2. The molecular formula is C16H21NO6. The Morgan fingerprint density at radius 2 is 1.74 bits per heavy atom. The Labute approximate surface area is 134 Å². The zero-order valence-corrected chi connectivity index (χ0v) is 13.4. The quantitative estimate of drug-likeness (QED) is 0.299. The molecule has 0 fully saturated rings. The van der Waals surface area contributed by atoms with Crippen LogP contribution >= 0.6 is 0 Å². The summed E-state index contributed by atoms with van der Waals surface area (Å²) in [6.45, 7) is 4.06. The molecule has 0 aliphatic rings. The smallest absolute Gasteiger partial charge is 0.339 e. The standard InChI is InChI=1S/C16H21NO6/c1-3-5-6-7-10-23-16(19)14-11-12(17(20)21)8-9-13(14)15(18)22-4-2/h8-9,11H,3-7,10H2,1-2H3. The number of nitro benzene ring substituents is 1. The normalized spacial score (nSPS) is 10.2. The van der Waals surface area contributed by atoms with Crippen molar-refractivity contribution in [1.82, 2.24) is 0 Å². The Balaban J connectivity index is 2.90. The lowest BCUT2D eigenvalue weighted by atomic mass is 10.1. The Kier molecular flexibility index (Phi) is 7.73. The molecule has 0 bridgehead atoms. The maximum atomic E-state index is 12.1. The number of nitro groups is 1. The third-order valence-electron chi connectivity index (χ3n) is 3.16. The van der Waals surface area contributed by atoms with Crippen LogP contribution in [0.3, 0.4) is 0 Å². The highest BCUT2D eigenvalue weighted by molar-refractivity contribution is 6.03. The van der Waals surface area contributed by atoms with Crippen molar-refractivity contribution >= 4 is 17.6 Å². The summed E-state index contributed by atoms with van der Waals surface area (Å²) in [7, 11) is 0. The minimum Gasteiger partial charge on any atom is -0.462 e. The van der Waals surface area contributed by atoms with Crippen molar-refractivity contribution in [1.29, 1.82) is 0 Å². The van der Waals surface area contributed by atoms with Crippen LogP contribution < -0.4 is 0 Å². The summed E-state index contributed by atoms with van der Waals surface area (Å²) in [5.74, 6) is -1.46. The van der Waals surface area contributed by atoms with Crippen LogP contribution in [-0.4, -0.2) is 30.1 Å². The van der Waals surface area contributed by atoms with E-state index in [2.05, 4.69) is 6.92 Å². The highest BCUT2D eigenvalue weighted by Crippen LogP contribution is 2.20. The van der Waals surface area contributed by atoms with Crippen LogP contribution in [0.25, 0.3) is 0 Å². The van der Waals surface area contributed by atoms with E-state index >= 15 is 0 Å². The van der Waals surface area contributed by atoms with Gasteiger partial charge in [-0.2, -0.15) is 0 Å². The predicted octanol–water partition coefficient (Wildman–Crippen LogP) is 3.51. The molecule has 7 nitrogen and oxygen atoms in total. The first-order valence-corrected chi connectivity index (χ1v) is 7.63. The fraction of sp³-hybridized carbons (Fsp3) is 0.500. The summed E-state index contributed by atoms with van der Waals surface area (Å²) in [6, 6.07) is 3.41. The molecule has 0 heterocycles. The zero-order valence-electron chi connectivity index (χ0n) is 13.4. The molecule has 126 valence electrons. The van der Waals surface area contributed by atoms with Gasteiger partial charge in [0.25, 0.3) is 5.69 Å². The van der Waals surface area contributed by atoms with E-state index in [-0.39, 0.29) is 30.0 Å². The van der Waals surface area contributed by atoms with Crippen molar-refractivity contribution in [2.45, 2.75) is 39.5 Å². The predicted molar refractivity (Wildman–Crippen MR) is 83.5 cm³/mol. The Bertz CT molecular complexity index is 570. The second-order valence-corrected chi connectivity index (χ2v) is 4.90. The molecule has 0 saturated carbocycles. The summed E-state index contributed by atoms with van der Waals surface area (Å²) in [5, 5.41) is 10.9. The molecule has 0 aliphatic carbocycles. The first-order chi connectivity index (χ1) is 11.0. The maximum Gasteiger partial charge on any atom is 0.339 e.